The first kappa shape index (κ1) is 20.9. The molecule has 1 saturated heterocycles. The Bertz CT molecular complexity index is 842. The maximum atomic E-state index is 12.4. The molecule has 6 heteroatoms. The Morgan fingerprint density at radius 1 is 0.931 bits per heavy atom. The molecule has 0 aliphatic carbocycles. The molecule has 2 amide bonds. The second-order valence-electron chi connectivity index (χ2n) is 7.64. The van der Waals surface area contributed by atoms with Gasteiger partial charge < -0.3 is 20.4 Å². The normalized spacial score (nSPS) is 15.6. The van der Waals surface area contributed by atoms with E-state index in [1.807, 2.05) is 48.5 Å². The minimum Gasteiger partial charge on any atom is -0.369 e. The summed E-state index contributed by atoms with van der Waals surface area (Å²) >= 11 is 0. The third-order valence-corrected chi connectivity index (χ3v) is 5.55. The van der Waals surface area contributed by atoms with E-state index in [0.29, 0.717) is 17.3 Å². The van der Waals surface area contributed by atoms with Gasteiger partial charge >= 0.3 is 11.8 Å². The molecule has 6 nitrogen and oxygen atoms in total. The summed E-state index contributed by atoms with van der Waals surface area (Å²) in [6.45, 7) is 8.25. The zero-order valence-electron chi connectivity index (χ0n) is 17.4. The lowest BCUT2D eigenvalue weighted by atomic mass is 9.97. The second kappa shape index (κ2) is 9.56. The molecule has 0 spiro atoms. The van der Waals surface area contributed by atoms with Crippen LogP contribution in [0, 0.1) is 0 Å². The van der Waals surface area contributed by atoms with Gasteiger partial charge in [0.05, 0.1) is 0 Å². The molecule has 3 rings (SSSR count). The highest BCUT2D eigenvalue weighted by Crippen LogP contribution is 2.26. The molecule has 0 bridgehead atoms. The number of nitrogens with zero attached hydrogens (tertiary/aromatic N) is 2. The molecule has 2 aromatic rings. The van der Waals surface area contributed by atoms with Crippen LogP contribution < -0.4 is 15.5 Å². The standard InChI is InChI=1S/C23H30N4O2/c1-4-17(2)20-7-5-6-8-21(20)25-23(29)22(28)24-18-9-11-19(12-10-18)27-15-13-26(3)14-16-27/h5-12,17H,4,13-16H2,1-3H3,(H,24,28)(H,25,29). The van der Waals surface area contributed by atoms with Crippen molar-refractivity contribution < 1.29 is 9.59 Å². The van der Waals surface area contributed by atoms with Gasteiger partial charge in [-0.15, -0.1) is 0 Å². The van der Waals surface area contributed by atoms with Crippen molar-refractivity contribution >= 4 is 28.9 Å². The molecule has 2 aromatic carbocycles. The fourth-order valence-corrected chi connectivity index (χ4v) is 3.45. The summed E-state index contributed by atoms with van der Waals surface area (Å²) in [4.78, 5) is 29.4. The first-order valence-corrected chi connectivity index (χ1v) is 10.2. The fourth-order valence-electron chi connectivity index (χ4n) is 3.45. The number of hydrogen-bond donors (Lipinski definition) is 2. The number of likely N-dealkylation sites (N-methyl/N-ethyl adjacent to an activating group) is 1. The van der Waals surface area contributed by atoms with Crippen molar-refractivity contribution in [3.05, 3.63) is 54.1 Å². The largest absolute Gasteiger partial charge is 0.369 e. The van der Waals surface area contributed by atoms with Crippen LogP contribution in [-0.4, -0.2) is 49.9 Å². The smallest absolute Gasteiger partial charge is 0.314 e. The lowest BCUT2D eigenvalue weighted by Gasteiger charge is -2.34. The van der Waals surface area contributed by atoms with Crippen molar-refractivity contribution in [1.29, 1.82) is 0 Å². The van der Waals surface area contributed by atoms with Crippen LogP contribution in [0.2, 0.25) is 0 Å². The molecule has 1 unspecified atom stereocenters. The van der Waals surface area contributed by atoms with Gasteiger partial charge in [-0.3, -0.25) is 9.59 Å². The molecule has 1 atom stereocenters. The molecule has 0 radical (unpaired) electrons. The Morgan fingerprint density at radius 3 is 2.21 bits per heavy atom. The van der Waals surface area contributed by atoms with E-state index >= 15 is 0 Å². The van der Waals surface area contributed by atoms with Crippen molar-refractivity contribution in [1.82, 2.24) is 4.90 Å². The molecule has 0 saturated carbocycles. The number of amides is 2. The molecule has 154 valence electrons. The second-order valence-corrected chi connectivity index (χ2v) is 7.64. The Kier molecular flexibility index (Phi) is 6.88. The molecule has 1 aliphatic heterocycles. The summed E-state index contributed by atoms with van der Waals surface area (Å²) in [7, 11) is 2.13. The number of hydrogen-bond acceptors (Lipinski definition) is 4. The van der Waals surface area contributed by atoms with Crippen molar-refractivity contribution in [2.45, 2.75) is 26.2 Å². The van der Waals surface area contributed by atoms with Gasteiger partial charge in [0, 0.05) is 43.2 Å². The highest BCUT2D eigenvalue weighted by atomic mass is 16.2. The summed E-state index contributed by atoms with van der Waals surface area (Å²) in [5, 5.41) is 5.43. The summed E-state index contributed by atoms with van der Waals surface area (Å²) < 4.78 is 0. The molecule has 1 heterocycles. The van der Waals surface area contributed by atoms with Gasteiger partial charge in [0.15, 0.2) is 0 Å². The molecule has 1 fully saturated rings. The zero-order valence-corrected chi connectivity index (χ0v) is 17.4. The maximum absolute atomic E-state index is 12.4. The summed E-state index contributed by atoms with van der Waals surface area (Å²) in [5.74, 6) is -1.03. The lowest BCUT2D eigenvalue weighted by Crippen LogP contribution is -2.44. The molecular weight excluding hydrogens is 364 g/mol. The van der Waals surface area contributed by atoms with Crippen molar-refractivity contribution in [3.8, 4) is 0 Å². The van der Waals surface area contributed by atoms with Gasteiger partial charge in [0.25, 0.3) is 0 Å². The van der Waals surface area contributed by atoms with Crippen LogP contribution in [0.15, 0.2) is 48.5 Å². The van der Waals surface area contributed by atoms with Crippen LogP contribution in [-0.2, 0) is 9.59 Å². The van der Waals surface area contributed by atoms with Crippen LogP contribution in [0.5, 0.6) is 0 Å². The third kappa shape index (κ3) is 5.35. The zero-order chi connectivity index (χ0) is 20.8. The molecule has 1 aliphatic rings. The van der Waals surface area contributed by atoms with Crippen LogP contribution in [0.25, 0.3) is 0 Å². The average molecular weight is 395 g/mol. The van der Waals surface area contributed by atoms with Gasteiger partial charge in [0.1, 0.15) is 0 Å². The fraction of sp³-hybridized carbons (Fsp3) is 0.391. The molecule has 0 aromatic heterocycles. The summed E-state index contributed by atoms with van der Waals surface area (Å²) in [6.07, 6.45) is 0.957. The SMILES string of the molecule is CCC(C)c1ccccc1NC(=O)C(=O)Nc1ccc(N2CCN(C)CC2)cc1. The maximum Gasteiger partial charge on any atom is 0.314 e. The van der Waals surface area contributed by atoms with E-state index < -0.39 is 11.8 Å². The minimum atomic E-state index is -0.670. The number of nitrogens with one attached hydrogen (secondary N) is 2. The van der Waals surface area contributed by atoms with E-state index in [2.05, 4.69) is 41.3 Å². The highest BCUT2D eigenvalue weighted by molar-refractivity contribution is 6.43. The predicted octanol–water partition coefficient (Wildman–Crippen LogP) is 3.53. The van der Waals surface area contributed by atoms with Crippen LogP contribution in [0.3, 0.4) is 0 Å². The Hall–Kier alpha value is -2.86. The number of rotatable bonds is 5. The van der Waals surface area contributed by atoms with Crippen LogP contribution in [0.1, 0.15) is 31.7 Å². The van der Waals surface area contributed by atoms with E-state index in [9.17, 15) is 9.59 Å². The van der Waals surface area contributed by atoms with Gasteiger partial charge in [-0.05, 0) is 55.3 Å². The topological polar surface area (TPSA) is 64.7 Å². The number of carbonyl (C=O) groups excluding carboxylic acids is 2. The van der Waals surface area contributed by atoms with Gasteiger partial charge in [0.2, 0.25) is 0 Å². The van der Waals surface area contributed by atoms with E-state index in [1.54, 1.807) is 0 Å². The highest BCUT2D eigenvalue weighted by Gasteiger charge is 2.18. The number of carbonyl (C=O) groups is 2. The number of para-hydroxylation sites is 1. The predicted molar refractivity (Wildman–Crippen MR) is 119 cm³/mol. The van der Waals surface area contributed by atoms with Gasteiger partial charge in [-0.1, -0.05) is 32.0 Å². The Morgan fingerprint density at radius 2 is 1.55 bits per heavy atom. The third-order valence-electron chi connectivity index (χ3n) is 5.55. The van der Waals surface area contributed by atoms with E-state index in [1.165, 1.54) is 0 Å². The monoisotopic (exact) mass is 394 g/mol. The quantitative estimate of drug-likeness (QED) is 0.762. The Labute approximate surface area is 172 Å². The average Bonchev–Trinajstić information content (AvgIpc) is 2.74. The minimum absolute atomic E-state index is 0.302. The molecule has 29 heavy (non-hydrogen) atoms. The van der Waals surface area contributed by atoms with E-state index in [4.69, 9.17) is 0 Å². The number of piperazine rings is 1. The van der Waals surface area contributed by atoms with Crippen molar-refractivity contribution in [2.75, 3.05) is 48.8 Å². The van der Waals surface area contributed by atoms with E-state index in [-0.39, 0.29) is 0 Å². The molecule has 2 N–H and O–H groups in total. The van der Waals surface area contributed by atoms with Gasteiger partial charge in [-0.25, -0.2) is 0 Å². The van der Waals surface area contributed by atoms with Gasteiger partial charge in [-0.2, -0.15) is 0 Å². The Balaban J connectivity index is 1.59. The van der Waals surface area contributed by atoms with Crippen LogP contribution in [0.4, 0.5) is 17.1 Å². The first-order chi connectivity index (χ1) is 14.0. The lowest BCUT2D eigenvalue weighted by molar-refractivity contribution is -0.133. The number of anilines is 3. The molecular formula is C23H30N4O2. The van der Waals surface area contributed by atoms with Crippen molar-refractivity contribution in [3.63, 3.8) is 0 Å². The van der Waals surface area contributed by atoms with E-state index in [0.717, 1.165) is 43.9 Å². The van der Waals surface area contributed by atoms with Crippen LogP contribution >= 0.6 is 0 Å². The van der Waals surface area contributed by atoms with Crippen molar-refractivity contribution in [2.24, 2.45) is 0 Å². The number of benzene rings is 2. The summed E-state index contributed by atoms with van der Waals surface area (Å²) in [5.41, 5.74) is 3.46. The summed E-state index contributed by atoms with van der Waals surface area (Å²) in [6, 6.07) is 15.3. The first-order valence-electron chi connectivity index (χ1n) is 10.2.